The third-order valence-corrected chi connectivity index (χ3v) is 3.89. The van der Waals surface area contributed by atoms with Crippen molar-refractivity contribution in [3.05, 3.63) is 71.8 Å². The molecule has 0 fully saturated rings. The number of allylic oxidation sites excluding steroid dienone is 1. The molecule has 0 bridgehead atoms. The molecule has 0 spiro atoms. The highest BCUT2D eigenvalue weighted by Gasteiger charge is 2.04. The maximum Gasteiger partial charge on any atom is 0.118 e. The van der Waals surface area contributed by atoms with Crippen LogP contribution in [0.25, 0.3) is 5.57 Å². The number of hydrogen-bond donors (Lipinski definition) is 0. The number of unbranched alkanes of at least 4 members (excludes halogenated alkanes) is 4. The van der Waals surface area contributed by atoms with E-state index in [2.05, 4.69) is 55.5 Å². The molecule has 22 heavy (non-hydrogen) atoms. The summed E-state index contributed by atoms with van der Waals surface area (Å²) < 4.78 is 5.26. The SMILES string of the molecule is CCCCCC/C=C(\c1ccccc1)c1ccc(OC)cc1. The number of benzene rings is 2. The summed E-state index contributed by atoms with van der Waals surface area (Å²) in [6.07, 6.45) is 8.71. The monoisotopic (exact) mass is 294 g/mol. The Morgan fingerprint density at radius 1 is 0.864 bits per heavy atom. The zero-order chi connectivity index (χ0) is 15.6. The van der Waals surface area contributed by atoms with Gasteiger partial charge >= 0.3 is 0 Å². The van der Waals surface area contributed by atoms with Gasteiger partial charge in [-0.25, -0.2) is 0 Å². The fraction of sp³-hybridized carbons (Fsp3) is 0.333. The highest BCUT2D eigenvalue weighted by Crippen LogP contribution is 2.26. The molecule has 0 saturated heterocycles. The van der Waals surface area contributed by atoms with Crippen LogP contribution in [0.5, 0.6) is 5.75 Å². The molecule has 0 aliphatic rings. The first-order valence-electron chi connectivity index (χ1n) is 8.25. The topological polar surface area (TPSA) is 9.23 Å². The van der Waals surface area contributed by atoms with Crippen LogP contribution in [-0.4, -0.2) is 7.11 Å². The molecule has 0 aliphatic carbocycles. The lowest BCUT2D eigenvalue weighted by molar-refractivity contribution is 0.415. The second kappa shape index (κ2) is 9.09. The highest BCUT2D eigenvalue weighted by atomic mass is 16.5. The van der Waals surface area contributed by atoms with E-state index >= 15 is 0 Å². The van der Waals surface area contributed by atoms with E-state index in [1.165, 1.54) is 42.4 Å². The lowest BCUT2D eigenvalue weighted by atomic mass is 9.96. The predicted octanol–water partition coefficient (Wildman–Crippen LogP) is 6.10. The molecule has 0 N–H and O–H groups in total. The van der Waals surface area contributed by atoms with Gasteiger partial charge in [0.25, 0.3) is 0 Å². The summed E-state index contributed by atoms with van der Waals surface area (Å²) in [5.41, 5.74) is 3.85. The van der Waals surface area contributed by atoms with E-state index in [-0.39, 0.29) is 0 Å². The molecule has 0 atom stereocenters. The Balaban J connectivity index is 2.19. The van der Waals surface area contributed by atoms with Crippen molar-refractivity contribution in [1.82, 2.24) is 0 Å². The lowest BCUT2D eigenvalue weighted by Gasteiger charge is -2.10. The van der Waals surface area contributed by atoms with Gasteiger partial charge in [0, 0.05) is 0 Å². The summed E-state index contributed by atoms with van der Waals surface area (Å²) >= 11 is 0. The fourth-order valence-corrected chi connectivity index (χ4v) is 2.61. The van der Waals surface area contributed by atoms with Crippen molar-refractivity contribution >= 4 is 5.57 Å². The Labute approximate surface area is 134 Å². The van der Waals surface area contributed by atoms with Crippen LogP contribution in [0, 0.1) is 0 Å². The predicted molar refractivity (Wildman–Crippen MR) is 95.3 cm³/mol. The van der Waals surface area contributed by atoms with Crippen molar-refractivity contribution in [1.29, 1.82) is 0 Å². The lowest BCUT2D eigenvalue weighted by Crippen LogP contribution is -1.89. The molecular formula is C21H26O. The van der Waals surface area contributed by atoms with Crippen LogP contribution in [0.3, 0.4) is 0 Å². The average Bonchev–Trinajstić information content (AvgIpc) is 2.59. The van der Waals surface area contributed by atoms with Crippen molar-refractivity contribution in [2.24, 2.45) is 0 Å². The van der Waals surface area contributed by atoms with Crippen LogP contribution in [0.15, 0.2) is 60.7 Å². The first kappa shape index (κ1) is 16.4. The third kappa shape index (κ3) is 4.77. The van der Waals surface area contributed by atoms with E-state index in [1.54, 1.807) is 7.11 Å². The molecule has 1 nitrogen and oxygen atoms in total. The van der Waals surface area contributed by atoms with Crippen LogP contribution in [0.4, 0.5) is 0 Å². The molecular weight excluding hydrogens is 268 g/mol. The first-order valence-corrected chi connectivity index (χ1v) is 8.25. The van der Waals surface area contributed by atoms with Crippen molar-refractivity contribution in [3.8, 4) is 5.75 Å². The number of rotatable bonds is 8. The summed E-state index contributed by atoms with van der Waals surface area (Å²) in [5, 5.41) is 0. The zero-order valence-corrected chi connectivity index (χ0v) is 13.7. The van der Waals surface area contributed by atoms with Crippen LogP contribution >= 0.6 is 0 Å². The maximum absolute atomic E-state index is 5.26. The van der Waals surface area contributed by atoms with Gasteiger partial charge in [-0.1, -0.05) is 74.7 Å². The summed E-state index contributed by atoms with van der Waals surface area (Å²) in [4.78, 5) is 0. The molecule has 0 unspecified atom stereocenters. The Hall–Kier alpha value is -2.02. The Bertz CT molecular complexity index is 567. The Morgan fingerprint density at radius 3 is 2.18 bits per heavy atom. The molecule has 116 valence electrons. The first-order chi connectivity index (χ1) is 10.8. The van der Waals surface area contributed by atoms with Gasteiger partial charge in [-0.3, -0.25) is 0 Å². The average molecular weight is 294 g/mol. The minimum absolute atomic E-state index is 0.902. The molecule has 0 saturated carbocycles. The van der Waals surface area contributed by atoms with Crippen molar-refractivity contribution in [3.63, 3.8) is 0 Å². The number of hydrogen-bond acceptors (Lipinski definition) is 1. The van der Waals surface area contributed by atoms with Gasteiger partial charge in [0.2, 0.25) is 0 Å². The zero-order valence-electron chi connectivity index (χ0n) is 13.7. The summed E-state index contributed by atoms with van der Waals surface area (Å²) in [5.74, 6) is 0.902. The van der Waals surface area contributed by atoms with Gasteiger partial charge in [-0.05, 0) is 41.7 Å². The molecule has 0 aliphatic heterocycles. The van der Waals surface area contributed by atoms with E-state index in [1.807, 2.05) is 12.1 Å². The third-order valence-electron chi connectivity index (χ3n) is 3.89. The normalized spacial score (nSPS) is 11.5. The summed E-state index contributed by atoms with van der Waals surface area (Å²) in [6.45, 7) is 2.25. The van der Waals surface area contributed by atoms with Crippen molar-refractivity contribution < 1.29 is 4.74 Å². The van der Waals surface area contributed by atoms with Crippen LogP contribution < -0.4 is 4.74 Å². The molecule has 0 aromatic heterocycles. The Kier molecular flexibility index (Phi) is 6.76. The highest BCUT2D eigenvalue weighted by molar-refractivity contribution is 5.79. The molecule has 2 aromatic rings. The van der Waals surface area contributed by atoms with Crippen molar-refractivity contribution in [2.75, 3.05) is 7.11 Å². The van der Waals surface area contributed by atoms with E-state index in [0.717, 1.165) is 12.2 Å². The van der Waals surface area contributed by atoms with Crippen LogP contribution in [0.2, 0.25) is 0 Å². The second-order valence-electron chi connectivity index (χ2n) is 5.56. The van der Waals surface area contributed by atoms with E-state index in [4.69, 9.17) is 4.74 Å². The molecule has 0 amide bonds. The van der Waals surface area contributed by atoms with Crippen molar-refractivity contribution in [2.45, 2.75) is 39.0 Å². The second-order valence-corrected chi connectivity index (χ2v) is 5.56. The molecule has 2 aromatic carbocycles. The van der Waals surface area contributed by atoms with E-state index < -0.39 is 0 Å². The van der Waals surface area contributed by atoms with Crippen LogP contribution in [-0.2, 0) is 0 Å². The molecule has 0 radical (unpaired) electrons. The van der Waals surface area contributed by atoms with Gasteiger partial charge < -0.3 is 4.74 Å². The summed E-state index contributed by atoms with van der Waals surface area (Å²) in [7, 11) is 1.71. The van der Waals surface area contributed by atoms with Gasteiger partial charge in [-0.15, -0.1) is 0 Å². The standard InChI is InChI=1S/C21H26O/c1-3-4-5-6-10-13-21(18-11-8-7-9-12-18)19-14-16-20(22-2)17-15-19/h7-9,11-17H,3-6,10H2,1-2H3/b21-13+. The number of methoxy groups -OCH3 is 1. The summed E-state index contributed by atoms with van der Waals surface area (Å²) in [6, 6.07) is 19.0. The largest absolute Gasteiger partial charge is 0.497 e. The van der Waals surface area contributed by atoms with Crippen LogP contribution in [0.1, 0.15) is 50.2 Å². The fourth-order valence-electron chi connectivity index (χ4n) is 2.61. The molecule has 2 rings (SSSR count). The van der Waals surface area contributed by atoms with Gasteiger partial charge in [0.1, 0.15) is 5.75 Å². The van der Waals surface area contributed by atoms with E-state index in [9.17, 15) is 0 Å². The van der Waals surface area contributed by atoms with E-state index in [0.29, 0.717) is 0 Å². The van der Waals surface area contributed by atoms with Gasteiger partial charge in [0.15, 0.2) is 0 Å². The minimum Gasteiger partial charge on any atom is -0.497 e. The quantitative estimate of drug-likeness (QED) is 0.535. The smallest absolute Gasteiger partial charge is 0.118 e. The molecule has 1 heteroatoms. The molecule has 0 heterocycles. The van der Waals surface area contributed by atoms with Gasteiger partial charge in [-0.2, -0.15) is 0 Å². The number of ether oxygens (including phenoxy) is 1. The Morgan fingerprint density at radius 2 is 1.55 bits per heavy atom. The maximum atomic E-state index is 5.26. The minimum atomic E-state index is 0.902. The van der Waals surface area contributed by atoms with Gasteiger partial charge in [0.05, 0.1) is 7.11 Å².